The monoisotopic (exact) mass is 549 g/mol. The molecular weight excluding hydrogens is 502 g/mol. The van der Waals surface area contributed by atoms with Crippen LogP contribution in [0, 0.1) is 11.3 Å². The molecule has 218 valence electrons. The summed E-state index contributed by atoms with van der Waals surface area (Å²) in [5.74, 6) is -0.662. The smallest absolute Gasteiger partial charge is 0.308 e. The third-order valence-electron chi connectivity index (χ3n) is 8.70. The van der Waals surface area contributed by atoms with Crippen molar-refractivity contribution in [3.63, 3.8) is 0 Å². The molecule has 1 amide bonds. The Bertz CT molecular complexity index is 1180. The van der Waals surface area contributed by atoms with Crippen molar-refractivity contribution in [2.24, 2.45) is 17.1 Å². The molecule has 0 radical (unpaired) electrons. The number of ether oxygens (including phenoxy) is 1. The fourth-order valence-corrected chi connectivity index (χ4v) is 6.69. The summed E-state index contributed by atoms with van der Waals surface area (Å²) in [5.41, 5.74) is 9.88. The van der Waals surface area contributed by atoms with Gasteiger partial charge in [-0.3, -0.25) is 14.5 Å². The van der Waals surface area contributed by atoms with Crippen LogP contribution in [0.1, 0.15) is 82.4 Å². The Labute approximate surface area is 239 Å². The summed E-state index contributed by atoms with van der Waals surface area (Å²) in [4.78, 5) is 31.0. The maximum absolute atomic E-state index is 14.0. The lowest BCUT2D eigenvalue weighted by Crippen LogP contribution is -2.46. The topological polar surface area (TPSA) is 96.1 Å². The first-order chi connectivity index (χ1) is 19.2. The number of carbonyl (C=O) groups is 2. The van der Waals surface area contributed by atoms with Crippen molar-refractivity contribution in [2.45, 2.75) is 84.7 Å². The quantitative estimate of drug-likeness (QED) is 0.338. The first-order valence-corrected chi connectivity index (χ1v) is 15.0. The summed E-state index contributed by atoms with van der Waals surface area (Å²) in [7, 11) is 0. The van der Waals surface area contributed by atoms with E-state index in [1.807, 2.05) is 41.3 Å². The SMILES string of the molecule is CCCCN(C(=O)CN1C[C@H](c2ccc3c(c2)CCO3)[C@@H](C(=O)O)[C@@H]1CC(C)(C)CCC)c1cccc(CN)c1. The molecular formula is C33H47N3O4. The molecule has 2 aromatic carbocycles. The zero-order chi connectivity index (χ0) is 28.9. The largest absolute Gasteiger partial charge is 0.493 e. The molecule has 0 unspecified atom stereocenters. The molecule has 2 aliphatic rings. The van der Waals surface area contributed by atoms with Crippen LogP contribution < -0.4 is 15.4 Å². The van der Waals surface area contributed by atoms with Crippen LogP contribution in [0.25, 0.3) is 0 Å². The van der Waals surface area contributed by atoms with Crippen molar-refractivity contribution in [2.75, 3.05) is 31.1 Å². The standard InChI is InChI=1S/C33H47N3O4/c1-5-7-15-36(26-10-8-9-23(17-26)20-34)30(37)22-35-21-27(24-11-12-29-25(18-24)13-16-40-29)31(32(38)39)28(35)19-33(3,4)14-6-2/h8-12,17-18,27-28,31H,5-7,13-16,19-22,34H2,1-4H3,(H,38,39)/t27-,28+,31-/m1/s1. The zero-order valence-corrected chi connectivity index (χ0v) is 24.7. The van der Waals surface area contributed by atoms with Gasteiger partial charge in [-0.25, -0.2) is 0 Å². The van der Waals surface area contributed by atoms with Crippen LogP contribution in [-0.4, -0.2) is 54.2 Å². The number of carbonyl (C=O) groups excluding carboxylic acids is 1. The van der Waals surface area contributed by atoms with Gasteiger partial charge in [0, 0.05) is 43.7 Å². The van der Waals surface area contributed by atoms with E-state index in [2.05, 4.69) is 38.7 Å². The molecule has 7 nitrogen and oxygen atoms in total. The van der Waals surface area contributed by atoms with E-state index in [4.69, 9.17) is 10.5 Å². The first-order valence-electron chi connectivity index (χ1n) is 15.0. The van der Waals surface area contributed by atoms with Gasteiger partial charge in [-0.2, -0.15) is 0 Å². The lowest BCUT2D eigenvalue weighted by Gasteiger charge is -2.35. The normalized spacial score (nSPS) is 20.8. The molecule has 3 atom stereocenters. The Kier molecular flexibility index (Phi) is 9.90. The molecule has 2 aromatic rings. The summed E-state index contributed by atoms with van der Waals surface area (Å²) >= 11 is 0. The van der Waals surface area contributed by atoms with Crippen LogP contribution in [-0.2, 0) is 22.6 Å². The minimum absolute atomic E-state index is 0.00746. The second kappa shape index (κ2) is 13.2. The van der Waals surface area contributed by atoms with Crippen LogP contribution in [0.15, 0.2) is 42.5 Å². The van der Waals surface area contributed by atoms with Crippen molar-refractivity contribution in [1.29, 1.82) is 0 Å². The molecule has 0 aromatic heterocycles. The lowest BCUT2D eigenvalue weighted by atomic mass is 9.76. The number of hydrogen-bond donors (Lipinski definition) is 2. The van der Waals surface area contributed by atoms with Gasteiger partial charge in [0.2, 0.25) is 5.91 Å². The fourth-order valence-electron chi connectivity index (χ4n) is 6.69. The minimum Gasteiger partial charge on any atom is -0.493 e. The highest BCUT2D eigenvalue weighted by Gasteiger charge is 2.48. The molecule has 0 aliphatic carbocycles. The lowest BCUT2D eigenvalue weighted by molar-refractivity contribution is -0.143. The van der Waals surface area contributed by atoms with Gasteiger partial charge in [0.25, 0.3) is 0 Å². The average Bonchev–Trinajstić information content (AvgIpc) is 3.53. The Balaban J connectivity index is 1.67. The highest BCUT2D eigenvalue weighted by atomic mass is 16.5. The van der Waals surface area contributed by atoms with Gasteiger partial charge >= 0.3 is 5.97 Å². The van der Waals surface area contributed by atoms with E-state index in [1.54, 1.807) is 0 Å². The van der Waals surface area contributed by atoms with E-state index in [0.717, 1.165) is 66.7 Å². The molecule has 40 heavy (non-hydrogen) atoms. The number of nitrogens with zero attached hydrogens (tertiary/aromatic N) is 2. The second-order valence-electron chi connectivity index (χ2n) is 12.3. The van der Waals surface area contributed by atoms with Crippen LogP contribution in [0.2, 0.25) is 0 Å². The number of hydrogen-bond acceptors (Lipinski definition) is 5. The maximum Gasteiger partial charge on any atom is 0.308 e. The molecule has 1 fully saturated rings. The van der Waals surface area contributed by atoms with Gasteiger partial charge in [0.1, 0.15) is 5.75 Å². The van der Waals surface area contributed by atoms with E-state index in [1.165, 1.54) is 0 Å². The van der Waals surface area contributed by atoms with E-state index >= 15 is 0 Å². The summed E-state index contributed by atoms with van der Waals surface area (Å²) < 4.78 is 5.71. The van der Waals surface area contributed by atoms with Gasteiger partial charge < -0.3 is 20.5 Å². The Morgan fingerprint density at radius 1 is 1.15 bits per heavy atom. The van der Waals surface area contributed by atoms with Gasteiger partial charge in [-0.15, -0.1) is 0 Å². The van der Waals surface area contributed by atoms with Crippen LogP contribution in [0.5, 0.6) is 5.75 Å². The molecule has 0 bridgehead atoms. The van der Waals surface area contributed by atoms with Crippen molar-refractivity contribution < 1.29 is 19.4 Å². The van der Waals surface area contributed by atoms with Gasteiger partial charge in [-0.05, 0) is 59.6 Å². The Hall–Kier alpha value is -2.90. The first kappa shape index (κ1) is 30.1. The maximum atomic E-state index is 14.0. The number of likely N-dealkylation sites (tertiary alicyclic amines) is 1. The predicted octanol–water partition coefficient (Wildman–Crippen LogP) is 5.60. The number of carboxylic acid groups (broad SMARTS) is 1. The van der Waals surface area contributed by atoms with Crippen LogP contribution >= 0.6 is 0 Å². The molecule has 3 N–H and O–H groups in total. The van der Waals surface area contributed by atoms with Crippen molar-refractivity contribution >= 4 is 17.6 Å². The molecule has 2 aliphatic heterocycles. The van der Waals surface area contributed by atoms with Gasteiger partial charge in [0.05, 0.1) is 19.1 Å². The molecule has 0 spiro atoms. The van der Waals surface area contributed by atoms with E-state index in [-0.39, 0.29) is 29.8 Å². The molecule has 7 heteroatoms. The van der Waals surface area contributed by atoms with E-state index in [9.17, 15) is 14.7 Å². The number of benzene rings is 2. The third kappa shape index (κ3) is 6.87. The third-order valence-corrected chi connectivity index (χ3v) is 8.70. The highest BCUT2D eigenvalue weighted by Crippen LogP contribution is 2.44. The van der Waals surface area contributed by atoms with Crippen molar-refractivity contribution in [3.8, 4) is 5.75 Å². The second-order valence-corrected chi connectivity index (χ2v) is 12.3. The van der Waals surface area contributed by atoms with Crippen LogP contribution in [0.3, 0.4) is 0 Å². The van der Waals surface area contributed by atoms with Crippen molar-refractivity contribution in [3.05, 3.63) is 59.2 Å². The average molecular weight is 550 g/mol. The van der Waals surface area contributed by atoms with Gasteiger partial charge in [-0.1, -0.05) is 64.8 Å². The summed E-state index contributed by atoms with van der Waals surface area (Å²) in [6.45, 7) is 11.2. The fraction of sp³-hybridized carbons (Fsp3) is 0.576. The highest BCUT2D eigenvalue weighted by molar-refractivity contribution is 5.95. The number of fused-ring (bicyclic) bond motifs is 1. The summed E-state index contributed by atoms with van der Waals surface area (Å²) in [5, 5.41) is 10.6. The summed E-state index contributed by atoms with van der Waals surface area (Å²) in [6.07, 6.45) is 5.48. The molecule has 4 rings (SSSR count). The number of carboxylic acids is 1. The van der Waals surface area contributed by atoms with Gasteiger partial charge in [0.15, 0.2) is 0 Å². The van der Waals surface area contributed by atoms with E-state index < -0.39 is 11.9 Å². The Morgan fingerprint density at radius 2 is 1.95 bits per heavy atom. The molecule has 1 saturated heterocycles. The number of rotatable bonds is 13. The molecule has 2 heterocycles. The van der Waals surface area contributed by atoms with E-state index in [0.29, 0.717) is 26.2 Å². The van der Waals surface area contributed by atoms with Crippen LogP contribution in [0.4, 0.5) is 5.69 Å². The Morgan fingerprint density at radius 3 is 2.65 bits per heavy atom. The number of nitrogens with two attached hydrogens (primary N) is 1. The predicted molar refractivity (Wildman–Crippen MR) is 160 cm³/mol. The summed E-state index contributed by atoms with van der Waals surface area (Å²) in [6, 6.07) is 13.8. The minimum atomic E-state index is -0.785. The number of aliphatic carboxylic acids is 1. The molecule has 0 saturated carbocycles. The number of anilines is 1. The number of amides is 1. The number of unbranched alkanes of at least 4 members (excludes halogenated alkanes) is 1. The van der Waals surface area contributed by atoms with Crippen molar-refractivity contribution in [1.82, 2.24) is 4.90 Å². The zero-order valence-electron chi connectivity index (χ0n) is 24.7.